The molecule has 0 aromatic heterocycles. The van der Waals surface area contributed by atoms with Crippen LogP contribution in [0.15, 0.2) is 18.2 Å². The number of benzene rings is 1. The van der Waals surface area contributed by atoms with E-state index in [2.05, 4.69) is 39.7 Å². The lowest BCUT2D eigenvalue weighted by atomic mass is 9.84. The summed E-state index contributed by atoms with van der Waals surface area (Å²) in [7, 11) is 0. The zero-order valence-corrected chi connectivity index (χ0v) is 19.5. The number of aryl methyl sites for hydroxylation is 1. The molecule has 3 aliphatic heterocycles. The lowest BCUT2D eigenvalue weighted by Crippen LogP contribution is -2.53. The van der Waals surface area contributed by atoms with Gasteiger partial charge < -0.3 is 19.3 Å². The molecule has 33 heavy (non-hydrogen) atoms. The maximum Gasteiger partial charge on any atom is 0.425 e. The summed E-state index contributed by atoms with van der Waals surface area (Å²) in [5.74, 6) is 0. The first-order valence-corrected chi connectivity index (χ1v) is 11.9. The predicted octanol–water partition coefficient (Wildman–Crippen LogP) is 4.35. The third kappa shape index (κ3) is 5.40. The molecule has 3 saturated heterocycles. The Hall–Kier alpha value is -2.00. The van der Waals surface area contributed by atoms with Crippen molar-refractivity contribution in [2.24, 2.45) is 0 Å². The van der Waals surface area contributed by atoms with Crippen molar-refractivity contribution in [3.63, 3.8) is 0 Å². The summed E-state index contributed by atoms with van der Waals surface area (Å²) in [5, 5.41) is 0. The summed E-state index contributed by atoms with van der Waals surface area (Å²) in [6.07, 6.45) is -3.86. The molecule has 4 rings (SSSR count). The molecule has 3 heterocycles. The molecule has 9 heteroatoms. The van der Waals surface area contributed by atoms with Crippen molar-refractivity contribution in [3.05, 3.63) is 29.3 Å². The molecule has 3 fully saturated rings. The third-order valence-corrected chi connectivity index (χ3v) is 7.39. The van der Waals surface area contributed by atoms with Crippen LogP contribution >= 0.6 is 0 Å². The Bertz CT molecular complexity index is 834. The topological polar surface area (TPSA) is 45.2 Å². The fraction of sp³-hybridized carbons (Fsp3) is 0.708. The van der Waals surface area contributed by atoms with Gasteiger partial charge in [-0.3, -0.25) is 4.90 Å². The van der Waals surface area contributed by atoms with Crippen molar-refractivity contribution in [1.82, 2.24) is 9.80 Å². The highest BCUT2D eigenvalue weighted by atomic mass is 19.4. The van der Waals surface area contributed by atoms with Crippen LogP contribution in [0.5, 0.6) is 0 Å². The number of carbonyl (C=O) groups excluding carboxylic acids is 1. The lowest BCUT2D eigenvalue weighted by Gasteiger charge is -2.45. The first-order valence-electron chi connectivity index (χ1n) is 11.9. The number of rotatable bonds is 4. The molecule has 0 saturated carbocycles. The first kappa shape index (κ1) is 24.1. The number of halogens is 3. The fourth-order valence-electron chi connectivity index (χ4n) is 5.32. The maximum absolute atomic E-state index is 12.8. The molecule has 1 aromatic carbocycles. The number of carbonyl (C=O) groups is 1. The molecule has 0 radical (unpaired) electrons. The van der Waals surface area contributed by atoms with Crippen LogP contribution in [0, 0.1) is 6.92 Å². The maximum atomic E-state index is 12.8. The van der Waals surface area contributed by atoms with Gasteiger partial charge >= 0.3 is 12.3 Å². The van der Waals surface area contributed by atoms with Crippen molar-refractivity contribution in [2.45, 2.75) is 63.9 Å². The Morgan fingerprint density at radius 1 is 1.12 bits per heavy atom. The molecule has 3 aliphatic rings. The molecule has 0 aliphatic carbocycles. The molecule has 0 N–H and O–H groups in total. The van der Waals surface area contributed by atoms with E-state index in [1.807, 2.05) is 0 Å². The quantitative estimate of drug-likeness (QED) is 0.656. The molecule has 6 nitrogen and oxygen atoms in total. The standard InChI is InChI=1S/C24H34F3N3O3/c1-18-4-5-20(21(16-18)28-12-14-32-15-13-28)17-30-9-3-6-23(30)7-10-29(11-8-23)22(31)33-19(2)24(25,26)27/h4-5,16,19H,3,6-15,17H2,1-2H3. The van der Waals surface area contributed by atoms with Crippen LogP contribution in [0.2, 0.25) is 0 Å². The summed E-state index contributed by atoms with van der Waals surface area (Å²) in [6.45, 7) is 8.89. The number of piperidine rings is 1. The highest BCUT2D eigenvalue weighted by molar-refractivity contribution is 5.68. The Kier molecular flexibility index (Phi) is 7.09. The summed E-state index contributed by atoms with van der Waals surface area (Å²) < 4.78 is 48.4. The number of nitrogens with zero attached hydrogens (tertiary/aromatic N) is 3. The van der Waals surface area contributed by atoms with Gasteiger partial charge in [0.1, 0.15) is 0 Å². The van der Waals surface area contributed by atoms with Crippen LogP contribution in [0.25, 0.3) is 0 Å². The Morgan fingerprint density at radius 3 is 2.48 bits per heavy atom. The van der Waals surface area contributed by atoms with Gasteiger partial charge in [-0.2, -0.15) is 13.2 Å². The molecule has 0 bridgehead atoms. The van der Waals surface area contributed by atoms with Gasteiger partial charge in [-0.15, -0.1) is 0 Å². The smallest absolute Gasteiger partial charge is 0.425 e. The van der Waals surface area contributed by atoms with Gasteiger partial charge in [0, 0.05) is 44.0 Å². The van der Waals surface area contributed by atoms with Crippen LogP contribution in [-0.2, 0) is 16.0 Å². The van der Waals surface area contributed by atoms with Gasteiger partial charge in [0.2, 0.25) is 0 Å². The summed E-state index contributed by atoms with van der Waals surface area (Å²) in [5.41, 5.74) is 3.78. The lowest BCUT2D eigenvalue weighted by molar-refractivity contribution is -0.200. The summed E-state index contributed by atoms with van der Waals surface area (Å²) >= 11 is 0. The van der Waals surface area contributed by atoms with Crippen LogP contribution in [-0.4, -0.2) is 79.6 Å². The minimum atomic E-state index is -4.54. The van der Waals surface area contributed by atoms with E-state index in [9.17, 15) is 18.0 Å². The molecule has 1 aromatic rings. The molecule has 1 amide bonds. The molecular formula is C24H34F3N3O3. The number of anilines is 1. The molecular weight excluding hydrogens is 435 g/mol. The average molecular weight is 470 g/mol. The van der Waals surface area contributed by atoms with Crippen LogP contribution in [0.4, 0.5) is 23.7 Å². The summed E-state index contributed by atoms with van der Waals surface area (Å²) in [6, 6.07) is 6.63. The zero-order chi connectivity index (χ0) is 23.6. The fourth-order valence-corrected chi connectivity index (χ4v) is 5.32. The average Bonchev–Trinajstić information content (AvgIpc) is 3.16. The number of amides is 1. The monoisotopic (exact) mass is 469 g/mol. The second kappa shape index (κ2) is 9.70. The van der Waals surface area contributed by atoms with Crippen LogP contribution in [0.1, 0.15) is 43.7 Å². The second-order valence-corrected chi connectivity index (χ2v) is 9.54. The molecule has 1 unspecified atom stereocenters. The van der Waals surface area contributed by atoms with E-state index >= 15 is 0 Å². The largest absolute Gasteiger partial charge is 0.437 e. The SMILES string of the molecule is Cc1ccc(CN2CCCC23CCN(C(=O)OC(C)C(F)(F)F)CC3)c(N2CCOCC2)c1. The van der Waals surface area contributed by atoms with Crippen molar-refractivity contribution >= 4 is 11.8 Å². The molecule has 1 spiro atoms. The van der Waals surface area contributed by atoms with Gasteiger partial charge in [-0.1, -0.05) is 12.1 Å². The number of ether oxygens (including phenoxy) is 2. The number of hydrogen-bond donors (Lipinski definition) is 0. The highest BCUT2D eigenvalue weighted by Crippen LogP contribution is 2.40. The van der Waals surface area contributed by atoms with Gasteiger partial charge in [-0.25, -0.2) is 4.79 Å². The van der Waals surface area contributed by atoms with Crippen molar-refractivity contribution in [3.8, 4) is 0 Å². The van der Waals surface area contributed by atoms with Crippen molar-refractivity contribution in [2.75, 3.05) is 50.8 Å². The number of hydrogen-bond acceptors (Lipinski definition) is 5. The predicted molar refractivity (Wildman–Crippen MR) is 119 cm³/mol. The van der Waals surface area contributed by atoms with E-state index in [1.54, 1.807) is 0 Å². The number of morpholine rings is 1. The minimum absolute atomic E-state index is 0.0143. The van der Waals surface area contributed by atoms with Crippen LogP contribution < -0.4 is 4.90 Å². The van der Waals surface area contributed by atoms with E-state index in [-0.39, 0.29) is 5.54 Å². The van der Waals surface area contributed by atoms with Gasteiger partial charge in [0.05, 0.1) is 13.2 Å². The van der Waals surface area contributed by atoms with Gasteiger partial charge in [0.25, 0.3) is 0 Å². The highest BCUT2D eigenvalue weighted by Gasteiger charge is 2.45. The Morgan fingerprint density at radius 2 is 1.82 bits per heavy atom. The Balaban J connectivity index is 1.42. The second-order valence-electron chi connectivity index (χ2n) is 9.54. The van der Waals surface area contributed by atoms with Gasteiger partial charge in [0.15, 0.2) is 6.10 Å². The van der Waals surface area contributed by atoms with Crippen molar-refractivity contribution in [1.29, 1.82) is 0 Å². The van der Waals surface area contributed by atoms with Gasteiger partial charge in [-0.05, 0) is 63.3 Å². The Labute approximate surface area is 193 Å². The molecule has 1 atom stereocenters. The number of likely N-dealkylation sites (tertiary alicyclic amines) is 2. The summed E-state index contributed by atoms with van der Waals surface area (Å²) in [4.78, 5) is 18.6. The van der Waals surface area contributed by atoms with E-state index in [0.29, 0.717) is 13.1 Å². The molecule has 184 valence electrons. The van der Waals surface area contributed by atoms with E-state index in [4.69, 9.17) is 4.74 Å². The van der Waals surface area contributed by atoms with Crippen LogP contribution in [0.3, 0.4) is 0 Å². The normalized spacial score (nSPS) is 22.6. The van der Waals surface area contributed by atoms with Crippen molar-refractivity contribution < 1.29 is 27.4 Å². The van der Waals surface area contributed by atoms with E-state index < -0.39 is 18.4 Å². The number of alkyl halides is 3. The minimum Gasteiger partial charge on any atom is -0.437 e. The van der Waals surface area contributed by atoms with E-state index in [1.165, 1.54) is 21.7 Å². The first-order chi connectivity index (χ1) is 15.7. The zero-order valence-electron chi connectivity index (χ0n) is 19.5. The van der Waals surface area contributed by atoms with E-state index in [0.717, 1.165) is 72.0 Å². The third-order valence-electron chi connectivity index (χ3n) is 7.39.